The number of aromatic nitrogens is 3. The highest BCUT2D eigenvalue weighted by molar-refractivity contribution is 5.86. The van der Waals surface area contributed by atoms with Gasteiger partial charge in [0.15, 0.2) is 0 Å². The predicted molar refractivity (Wildman–Crippen MR) is 141 cm³/mol. The summed E-state index contributed by atoms with van der Waals surface area (Å²) in [7, 11) is 0. The van der Waals surface area contributed by atoms with Gasteiger partial charge in [0.1, 0.15) is 18.9 Å². The van der Waals surface area contributed by atoms with Gasteiger partial charge in [-0.1, -0.05) is 30.3 Å². The maximum Gasteiger partial charge on any atom is 0.350 e. The second kappa shape index (κ2) is 11.9. The lowest BCUT2D eigenvalue weighted by molar-refractivity contribution is -0.144. The first-order valence-electron chi connectivity index (χ1n) is 12.6. The summed E-state index contributed by atoms with van der Waals surface area (Å²) in [6.07, 6.45) is 1.55. The van der Waals surface area contributed by atoms with E-state index < -0.39 is 12.0 Å². The SMILES string of the molecule is CCOC(=O)CNC(=O)C(c1ccccc1)N1CCN(c2ccc(-n3cnn(C(C)C)c3=O)cc2)CC1. The molecule has 1 fully saturated rings. The fourth-order valence-corrected chi connectivity index (χ4v) is 4.54. The number of esters is 1. The van der Waals surface area contributed by atoms with Gasteiger partial charge in [0.05, 0.1) is 18.3 Å². The molecule has 4 rings (SSSR count). The third-order valence-electron chi connectivity index (χ3n) is 6.43. The number of nitrogens with one attached hydrogen (secondary N) is 1. The minimum atomic E-state index is -0.496. The number of nitrogens with zero attached hydrogens (tertiary/aromatic N) is 5. The molecule has 1 unspecified atom stereocenters. The molecule has 0 spiro atoms. The van der Waals surface area contributed by atoms with Crippen LogP contribution in [-0.4, -0.2) is 70.5 Å². The van der Waals surface area contributed by atoms with Crippen LogP contribution in [0.5, 0.6) is 0 Å². The van der Waals surface area contributed by atoms with Crippen LogP contribution in [0.15, 0.2) is 65.7 Å². The summed E-state index contributed by atoms with van der Waals surface area (Å²) in [6, 6.07) is 17.0. The molecule has 1 aliphatic heterocycles. The number of ether oxygens (including phenoxy) is 1. The topological polar surface area (TPSA) is 102 Å². The summed E-state index contributed by atoms with van der Waals surface area (Å²) in [5, 5.41) is 6.93. The molecular weight excluding hydrogens is 472 g/mol. The molecule has 0 aliphatic carbocycles. The van der Waals surface area contributed by atoms with Crippen LogP contribution in [0.3, 0.4) is 0 Å². The Balaban J connectivity index is 1.42. The van der Waals surface area contributed by atoms with Crippen LogP contribution in [0.1, 0.15) is 38.4 Å². The normalized spacial score (nSPS) is 15.0. The summed E-state index contributed by atoms with van der Waals surface area (Å²) in [4.78, 5) is 41.9. The molecule has 37 heavy (non-hydrogen) atoms. The molecule has 0 saturated carbocycles. The van der Waals surface area contributed by atoms with E-state index in [9.17, 15) is 14.4 Å². The van der Waals surface area contributed by atoms with E-state index in [-0.39, 0.29) is 30.8 Å². The van der Waals surface area contributed by atoms with E-state index in [1.807, 2.05) is 68.4 Å². The van der Waals surface area contributed by atoms with E-state index in [0.717, 1.165) is 30.0 Å². The van der Waals surface area contributed by atoms with E-state index >= 15 is 0 Å². The van der Waals surface area contributed by atoms with Crippen molar-refractivity contribution < 1.29 is 14.3 Å². The minimum Gasteiger partial charge on any atom is -0.465 e. The standard InChI is InChI=1S/C27H34N6O4/c1-4-37-24(34)18-28-26(35)25(21-8-6-5-7-9-21)31-16-14-30(15-17-31)22-10-12-23(13-11-22)32-19-29-33(20(2)3)27(32)36/h5-13,19-20,25H,4,14-18H2,1-3H3,(H,28,35). The van der Waals surface area contributed by atoms with Gasteiger partial charge in [-0.2, -0.15) is 5.10 Å². The molecule has 1 saturated heterocycles. The van der Waals surface area contributed by atoms with Crippen LogP contribution < -0.4 is 15.9 Å². The van der Waals surface area contributed by atoms with E-state index in [0.29, 0.717) is 13.1 Å². The maximum atomic E-state index is 13.1. The Morgan fingerprint density at radius 3 is 2.22 bits per heavy atom. The molecule has 1 atom stereocenters. The Hall–Kier alpha value is -3.92. The average Bonchev–Trinajstić information content (AvgIpc) is 3.30. The van der Waals surface area contributed by atoms with Crippen LogP contribution in [0.2, 0.25) is 0 Å². The van der Waals surface area contributed by atoms with E-state index in [1.54, 1.807) is 17.8 Å². The van der Waals surface area contributed by atoms with Crippen LogP contribution in [0.4, 0.5) is 5.69 Å². The fourth-order valence-electron chi connectivity index (χ4n) is 4.54. The smallest absolute Gasteiger partial charge is 0.350 e. The highest BCUT2D eigenvalue weighted by atomic mass is 16.5. The number of benzene rings is 2. The lowest BCUT2D eigenvalue weighted by Crippen LogP contribution is -2.51. The molecule has 10 heteroatoms. The van der Waals surface area contributed by atoms with Crippen LogP contribution in [0.25, 0.3) is 5.69 Å². The Morgan fingerprint density at radius 2 is 1.62 bits per heavy atom. The van der Waals surface area contributed by atoms with Crippen molar-refractivity contribution in [3.8, 4) is 5.69 Å². The molecule has 0 radical (unpaired) electrons. The van der Waals surface area contributed by atoms with Gasteiger partial charge in [-0.3, -0.25) is 14.5 Å². The molecule has 2 aromatic carbocycles. The third-order valence-corrected chi connectivity index (χ3v) is 6.43. The van der Waals surface area contributed by atoms with Crippen molar-refractivity contribution in [2.24, 2.45) is 0 Å². The lowest BCUT2D eigenvalue weighted by atomic mass is 10.0. The van der Waals surface area contributed by atoms with Gasteiger partial charge in [-0.15, -0.1) is 0 Å². The van der Waals surface area contributed by atoms with Crippen LogP contribution in [-0.2, 0) is 14.3 Å². The maximum absolute atomic E-state index is 13.1. The number of carbonyl (C=O) groups excluding carboxylic acids is 2. The van der Waals surface area contributed by atoms with Gasteiger partial charge in [-0.05, 0) is 50.6 Å². The zero-order valence-corrected chi connectivity index (χ0v) is 21.5. The first kappa shape index (κ1) is 26.2. The van der Waals surface area contributed by atoms with Gasteiger partial charge >= 0.3 is 11.7 Å². The Bertz CT molecular complexity index is 1240. The monoisotopic (exact) mass is 506 g/mol. The molecule has 0 bridgehead atoms. The highest BCUT2D eigenvalue weighted by Gasteiger charge is 2.30. The summed E-state index contributed by atoms with van der Waals surface area (Å²) in [5.41, 5.74) is 2.54. The van der Waals surface area contributed by atoms with Crippen molar-refractivity contribution in [2.45, 2.75) is 32.9 Å². The van der Waals surface area contributed by atoms with Gasteiger partial charge in [0.2, 0.25) is 5.91 Å². The number of carbonyl (C=O) groups is 2. The first-order chi connectivity index (χ1) is 17.9. The Kier molecular flexibility index (Phi) is 8.39. The third kappa shape index (κ3) is 6.08. The van der Waals surface area contributed by atoms with Crippen molar-refractivity contribution >= 4 is 17.6 Å². The second-order valence-corrected chi connectivity index (χ2v) is 9.20. The van der Waals surface area contributed by atoms with Gasteiger partial charge in [-0.25, -0.2) is 14.0 Å². The van der Waals surface area contributed by atoms with Crippen molar-refractivity contribution in [1.29, 1.82) is 0 Å². The summed E-state index contributed by atoms with van der Waals surface area (Å²) < 4.78 is 7.94. The Labute approximate surface area is 216 Å². The number of anilines is 1. The number of rotatable bonds is 9. The number of hydrogen-bond acceptors (Lipinski definition) is 7. The van der Waals surface area contributed by atoms with Crippen LogP contribution in [0, 0.1) is 0 Å². The molecule has 1 amide bonds. The first-order valence-corrected chi connectivity index (χ1v) is 12.6. The number of hydrogen-bond donors (Lipinski definition) is 1. The average molecular weight is 507 g/mol. The van der Waals surface area contributed by atoms with Gasteiger partial charge in [0.25, 0.3) is 0 Å². The Morgan fingerprint density at radius 1 is 0.973 bits per heavy atom. The molecule has 1 aromatic heterocycles. The minimum absolute atomic E-state index is 0.00345. The summed E-state index contributed by atoms with van der Waals surface area (Å²) in [6.45, 7) is 8.53. The summed E-state index contributed by atoms with van der Waals surface area (Å²) >= 11 is 0. The van der Waals surface area contributed by atoms with E-state index in [1.165, 1.54) is 4.68 Å². The molecule has 1 N–H and O–H groups in total. The van der Waals surface area contributed by atoms with E-state index in [4.69, 9.17) is 4.74 Å². The van der Waals surface area contributed by atoms with Crippen molar-refractivity contribution in [1.82, 2.24) is 24.6 Å². The zero-order chi connectivity index (χ0) is 26.4. The quantitative estimate of drug-likeness (QED) is 0.444. The fraction of sp³-hybridized carbons (Fsp3) is 0.407. The molecule has 3 aromatic rings. The van der Waals surface area contributed by atoms with Crippen molar-refractivity contribution in [3.63, 3.8) is 0 Å². The molecule has 10 nitrogen and oxygen atoms in total. The molecule has 196 valence electrons. The van der Waals surface area contributed by atoms with Crippen LogP contribution >= 0.6 is 0 Å². The molecule has 2 heterocycles. The van der Waals surface area contributed by atoms with Gasteiger partial charge < -0.3 is 15.0 Å². The zero-order valence-electron chi connectivity index (χ0n) is 21.5. The number of amides is 1. The summed E-state index contributed by atoms with van der Waals surface area (Å²) in [5.74, 6) is -0.667. The number of piperazine rings is 1. The largest absolute Gasteiger partial charge is 0.465 e. The molecule has 1 aliphatic rings. The van der Waals surface area contributed by atoms with E-state index in [2.05, 4.69) is 20.2 Å². The predicted octanol–water partition coefficient (Wildman–Crippen LogP) is 2.16. The van der Waals surface area contributed by atoms with Crippen molar-refractivity contribution in [2.75, 3.05) is 44.2 Å². The highest BCUT2D eigenvalue weighted by Crippen LogP contribution is 2.25. The van der Waals surface area contributed by atoms with Gasteiger partial charge in [0, 0.05) is 31.9 Å². The lowest BCUT2D eigenvalue weighted by Gasteiger charge is -2.39. The molecular formula is C27H34N6O4. The van der Waals surface area contributed by atoms with Crippen molar-refractivity contribution in [3.05, 3.63) is 77.0 Å². The second-order valence-electron chi connectivity index (χ2n) is 9.20.